The summed E-state index contributed by atoms with van der Waals surface area (Å²) < 4.78 is 24.3. The Bertz CT molecular complexity index is 397. The van der Waals surface area contributed by atoms with E-state index >= 15 is 0 Å². The Kier molecular flexibility index (Phi) is 2.67. The molecular weight excluding hydrogens is 190 g/mol. The number of amides is 1. The van der Waals surface area contributed by atoms with Crippen LogP contribution in [0.4, 0.5) is 0 Å². The van der Waals surface area contributed by atoms with Crippen molar-refractivity contribution in [1.82, 2.24) is 4.72 Å². The van der Waals surface area contributed by atoms with Crippen molar-refractivity contribution in [2.24, 2.45) is 0 Å². The Balaban J connectivity index is 3.02. The molecule has 0 fully saturated rings. The van der Waals surface area contributed by atoms with Gasteiger partial charge in [-0.05, 0) is 12.1 Å². The maximum atomic E-state index is 11.3. The number of rotatable bonds is 2. The molecule has 0 aromatic heterocycles. The monoisotopic (exact) mass is 198 g/mol. The Hall–Kier alpha value is -1.36. The Morgan fingerprint density at radius 2 is 1.77 bits per heavy atom. The van der Waals surface area contributed by atoms with Crippen LogP contribution in [0.1, 0.15) is 0 Å². The third kappa shape index (κ3) is 2.55. The van der Waals surface area contributed by atoms with E-state index in [4.69, 9.17) is 0 Å². The molecule has 0 saturated heterocycles. The first-order chi connectivity index (χ1) is 6.02. The number of hydrogen-bond acceptors (Lipinski definition) is 3. The molecule has 1 radical (unpaired) electrons. The Morgan fingerprint density at radius 1 is 1.23 bits per heavy atom. The van der Waals surface area contributed by atoms with Gasteiger partial charge in [0, 0.05) is 6.92 Å². The summed E-state index contributed by atoms with van der Waals surface area (Å²) in [5.41, 5.74) is 0. The van der Waals surface area contributed by atoms with Crippen LogP contribution in [-0.2, 0) is 14.8 Å². The Labute approximate surface area is 76.6 Å². The zero-order valence-corrected chi connectivity index (χ0v) is 7.54. The van der Waals surface area contributed by atoms with Gasteiger partial charge in [-0.25, -0.2) is 13.1 Å². The summed E-state index contributed by atoms with van der Waals surface area (Å²) in [6, 6.07) is 7.62. The van der Waals surface area contributed by atoms with E-state index in [2.05, 4.69) is 6.92 Å². The second kappa shape index (κ2) is 3.57. The third-order valence-electron chi connectivity index (χ3n) is 1.30. The van der Waals surface area contributed by atoms with E-state index in [0.717, 1.165) is 0 Å². The first kappa shape index (κ1) is 9.73. The lowest BCUT2D eigenvalue weighted by Crippen LogP contribution is -2.28. The first-order valence-electron chi connectivity index (χ1n) is 3.46. The van der Waals surface area contributed by atoms with Gasteiger partial charge in [0.2, 0.25) is 5.91 Å². The minimum Gasteiger partial charge on any atom is -0.274 e. The van der Waals surface area contributed by atoms with Gasteiger partial charge in [-0.1, -0.05) is 18.2 Å². The summed E-state index contributed by atoms with van der Waals surface area (Å²) >= 11 is 0. The molecule has 1 aromatic rings. The van der Waals surface area contributed by atoms with Crippen molar-refractivity contribution in [3.63, 3.8) is 0 Å². The van der Waals surface area contributed by atoms with Gasteiger partial charge in [0.15, 0.2) is 0 Å². The molecule has 0 aliphatic carbocycles. The molecule has 0 unspecified atom stereocenters. The summed E-state index contributed by atoms with van der Waals surface area (Å²) in [5.74, 6) is -0.844. The number of sulfonamides is 1. The molecule has 0 heterocycles. The molecular formula is C8H8NO3S. The Morgan fingerprint density at radius 3 is 2.23 bits per heavy atom. The lowest BCUT2D eigenvalue weighted by molar-refractivity contribution is -0.115. The van der Waals surface area contributed by atoms with Gasteiger partial charge in [0.25, 0.3) is 10.0 Å². The van der Waals surface area contributed by atoms with Crippen molar-refractivity contribution < 1.29 is 13.2 Å². The van der Waals surface area contributed by atoms with Crippen LogP contribution in [-0.4, -0.2) is 14.3 Å². The second-order valence-corrected chi connectivity index (χ2v) is 4.02. The molecule has 0 aliphatic rings. The maximum absolute atomic E-state index is 11.3. The highest BCUT2D eigenvalue weighted by Crippen LogP contribution is 2.06. The van der Waals surface area contributed by atoms with Gasteiger partial charge in [-0.2, -0.15) is 0 Å². The zero-order valence-electron chi connectivity index (χ0n) is 6.73. The molecule has 4 nitrogen and oxygen atoms in total. The van der Waals surface area contributed by atoms with Crippen molar-refractivity contribution in [3.8, 4) is 0 Å². The number of benzene rings is 1. The van der Waals surface area contributed by atoms with Gasteiger partial charge < -0.3 is 0 Å². The van der Waals surface area contributed by atoms with E-state index in [1.807, 2.05) is 0 Å². The van der Waals surface area contributed by atoms with E-state index < -0.39 is 15.9 Å². The smallest absolute Gasteiger partial charge is 0.264 e. The van der Waals surface area contributed by atoms with E-state index in [1.54, 1.807) is 22.9 Å². The van der Waals surface area contributed by atoms with E-state index in [9.17, 15) is 13.2 Å². The van der Waals surface area contributed by atoms with Crippen LogP contribution >= 0.6 is 0 Å². The highest BCUT2D eigenvalue weighted by molar-refractivity contribution is 7.90. The number of nitrogens with one attached hydrogen (secondary N) is 1. The predicted molar refractivity (Wildman–Crippen MR) is 47.1 cm³/mol. The van der Waals surface area contributed by atoms with Gasteiger partial charge >= 0.3 is 0 Å². The van der Waals surface area contributed by atoms with E-state index in [1.165, 1.54) is 12.1 Å². The van der Waals surface area contributed by atoms with E-state index in [0.29, 0.717) is 0 Å². The van der Waals surface area contributed by atoms with Gasteiger partial charge in [0.05, 0.1) is 4.90 Å². The van der Waals surface area contributed by atoms with Crippen molar-refractivity contribution in [2.45, 2.75) is 4.90 Å². The van der Waals surface area contributed by atoms with Crippen molar-refractivity contribution in [1.29, 1.82) is 0 Å². The van der Waals surface area contributed by atoms with Crippen LogP contribution in [0.15, 0.2) is 35.2 Å². The number of carbonyl (C=O) groups is 1. The molecule has 69 valence electrons. The van der Waals surface area contributed by atoms with E-state index in [-0.39, 0.29) is 4.90 Å². The van der Waals surface area contributed by atoms with Crippen LogP contribution < -0.4 is 4.72 Å². The van der Waals surface area contributed by atoms with Crippen LogP contribution in [0.3, 0.4) is 0 Å². The minimum atomic E-state index is -3.72. The van der Waals surface area contributed by atoms with Crippen LogP contribution in [0.25, 0.3) is 0 Å². The standard InChI is InChI=1S/C8H8NO3S/c1-7(10)9-13(11,12)8-5-3-2-4-6-8/h2-6H,1H2,(H,9,10). The lowest BCUT2D eigenvalue weighted by Gasteiger charge is -2.02. The average Bonchev–Trinajstić information content (AvgIpc) is 2.04. The fourth-order valence-electron chi connectivity index (χ4n) is 0.808. The van der Waals surface area contributed by atoms with Crippen LogP contribution in [0.2, 0.25) is 0 Å². The van der Waals surface area contributed by atoms with Crippen molar-refractivity contribution in [3.05, 3.63) is 37.3 Å². The second-order valence-electron chi connectivity index (χ2n) is 2.34. The maximum Gasteiger partial charge on any atom is 0.264 e. The topological polar surface area (TPSA) is 63.2 Å². The minimum absolute atomic E-state index is 0.0481. The molecule has 1 amide bonds. The highest BCUT2D eigenvalue weighted by atomic mass is 32.2. The zero-order chi connectivity index (χ0) is 9.90. The molecule has 0 aliphatic heterocycles. The molecule has 1 aromatic carbocycles. The summed E-state index contributed by atoms with van der Waals surface area (Å²) in [4.78, 5) is 10.5. The SMILES string of the molecule is [CH2]C(=O)NS(=O)(=O)c1ccccc1. The summed E-state index contributed by atoms with van der Waals surface area (Å²) in [6.07, 6.45) is 0. The number of hydrogen-bond donors (Lipinski definition) is 1. The molecule has 0 atom stereocenters. The van der Waals surface area contributed by atoms with Gasteiger partial charge in [0.1, 0.15) is 0 Å². The molecule has 13 heavy (non-hydrogen) atoms. The predicted octanol–water partition coefficient (Wildman–Crippen LogP) is 0.326. The highest BCUT2D eigenvalue weighted by Gasteiger charge is 2.13. The third-order valence-corrected chi connectivity index (χ3v) is 2.69. The first-order valence-corrected chi connectivity index (χ1v) is 4.94. The quantitative estimate of drug-likeness (QED) is 0.744. The average molecular weight is 198 g/mol. The molecule has 0 saturated carbocycles. The lowest BCUT2D eigenvalue weighted by atomic mass is 10.4. The van der Waals surface area contributed by atoms with Crippen LogP contribution in [0, 0.1) is 6.92 Å². The number of carbonyl (C=O) groups excluding carboxylic acids is 1. The summed E-state index contributed by atoms with van der Waals surface area (Å²) in [6.45, 7) is 2.92. The molecule has 0 bridgehead atoms. The molecule has 0 spiro atoms. The molecule has 1 N–H and O–H groups in total. The largest absolute Gasteiger partial charge is 0.274 e. The molecule has 1 rings (SSSR count). The fraction of sp³-hybridized carbons (Fsp3) is 0. The van der Waals surface area contributed by atoms with Crippen LogP contribution in [0.5, 0.6) is 0 Å². The van der Waals surface area contributed by atoms with Crippen molar-refractivity contribution >= 4 is 15.9 Å². The van der Waals surface area contributed by atoms with Gasteiger partial charge in [-0.3, -0.25) is 4.79 Å². The summed E-state index contributed by atoms with van der Waals surface area (Å²) in [7, 11) is -3.72. The normalized spacial score (nSPS) is 10.8. The van der Waals surface area contributed by atoms with Gasteiger partial charge in [-0.15, -0.1) is 0 Å². The molecule has 5 heteroatoms. The fourth-order valence-corrected chi connectivity index (χ4v) is 1.74. The summed E-state index contributed by atoms with van der Waals surface area (Å²) in [5, 5.41) is 0. The van der Waals surface area contributed by atoms with Crippen molar-refractivity contribution in [2.75, 3.05) is 0 Å².